The van der Waals surface area contributed by atoms with Crippen molar-refractivity contribution in [3.8, 4) is 16.9 Å². The molecule has 1 aliphatic carbocycles. The summed E-state index contributed by atoms with van der Waals surface area (Å²) in [6, 6.07) is 8.79. The molecule has 0 bridgehead atoms. The second-order valence-electron chi connectivity index (χ2n) is 13.5. The summed E-state index contributed by atoms with van der Waals surface area (Å²) in [4.78, 5) is 17.7. The van der Waals surface area contributed by atoms with Crippen molar-refractivity contribution in [1.82, 2.24) is 15.0 Å². The number of imidazole rings is 1. The summed E-state index contributed by atoms with van der Waals surface area (Å²) < 4.78 is 6.43. The minimum Gasteiger partial charge on any atom is -0.493 e. The van der Waals surface area contributed by atoms with Gasteiger partial charge in [-0.1, -0.05) is 45.4 Å². The summed E-state index contributed by atoms with van der Waals surface area (Å²) in [6.45, 7) is 15.5. The van der Waals surface area contributed by atoms with E-state index in [9.17, 15) is 0 Å². The molecule has 0 saturated heterocycles. The van der Waals surface area contributed by atoms with Crippen molar-refractivity contribution >= 4 is 22.8 Å². The molecule has 0 radical (unpaired) electrons. The molecule has 6 rings (SSSR count). The molecule has 4 heterocycles. The summed E-state index contributed by atoms with van der Waals surface area (Å²) in [5.74, 6) is 3.39. The number of aliphatic imine (C=N–C) groups is 1. The maximum atomic E-state index is 6.43. The van der Waals surface area contributed by atoms with Gasteiger partial charge in [0.2, 0.25) is 5.95 Å². The molecule has 3 aliphatic rings. The summed E-state index contributed by atoms with van der Waals surface area (Å²) >= 11 is 0. The smallest absolute Gasteiger partial charge is 0.202 e. The average molecular weight is 566 g/mol. The Labute approximate surface area is 251 Å². The summed E-state index contributed by atoms with van der Waals surface area (Å²) in [5, 5.41) is 3.24. The van der Waals surface area contributed by atoms with Gasteiger partial charge in [-0.05, 0) is 111 Å². The highest BCUT2D eigenvalue weighted by molar-refractivity contribution is 6.02. The molecule has 3 atom stereocenters. The number of aromatic amines is 1. The molecule has 222 valence electrons. The lowest BCUT2D eigenvalue weighted by Crippen LogP contribution is -2.27. The van der Waals surface area contributed by atoms with E-state index >= 15 is 0 Å². The highest BCUT2D eigenvalue weighted by Gasteiger charge is 2.34. The van der Waals surface area contributed by atoms with Gasteiger partial charge in [-0.2, -0.15) is 4.98 Å². The van der Waals surface area contributed by atoms with Crippen LogP contribution in [0.4, 0.5) is 5.95 Å². The molecule has 6 nitrogen and oxygen atoms in total. The zero-order valence-electron chi connectivity index (χ0n) is 26.3. The second-order valence-corrected chi connectivity index (χ2v) is 13.5. The number of ether oxygens (including phenoxy) is 1. The molecule has 1 fully saturated rings. The molecule has 1 aromatic carbocycles. The van der Waals surface area contributed by atoms with Crippen molar-refractivity contribution in [3.63, 3.8) is 0 Å². The Morgan fingerprint density at radius 3 is 2.81 bits per heavy atom. The van der Waals surface area contributed by atoms with Crippen LogP contribution < -0.4 is 10.1 Å². The number of rotatable bonds is 6. The van der Waals surface area contributed by atoms with Crippen LogP contribution in [-0.4, -0.2) is 33.8 Å². The molecule has 6 heteroatoms. The van der Waals surface area contributed by atoms with Crippen molar-refractivity contribution < 1.29 is 4.74 Å². The van der Waals surface area contributed by atoms with Crippen LogP contribution >= 0.6 is 0 Å². The lowest BCUT2D eigenvalue weighted by atomic mass is 9.69. The zero-order valence-corrected chi connectivity index (χ0v) is 26.3. The summed E-state index contributed by atoms with van der Waals surface area (Å²) in [7, 11) is 0. The Balaban J connectivity index is 1.27. The number of benzene rings is 1. The third kappa shape index (κ3) is 5.91. The SMILES string of the molecule is CCNc1nc2ncc(-c3ccc4c(c3)CC(C)C(CC3=C5CC(C)(C)CCC5=NC(C)=CC3CC)CCO4)cc2[nH]1. The van der Waals surface area contributed by atoms with Crippen molar-refractivity contribution in [2.45, 2.75) is 86.5 Å². The van der Waals surface area contributed by atoms with E-state index in [4.69, 9.17) is 9.73 Å². The van der Waals surface area contributed by atoms with E-state index in [-0.39, 0.29) is 0 Å². The van der Waals surface area contributed by atoms with Gasteiger partial charge in [-0.25, -0.2) is 4.98 Å². The average Bonchev–Trinajstić information content (AvgIpc) is 3.30. The van der Waals surface area contributed by atoms with Crippen LogP contribution in [-0.2, 0) is 6.42 Å². The van der Waals surface area contributed by atoms with Gasteiger partial charge in [0.1, 0.15) is 5.75 Å². The zero-order chi connectivity index (χ0) is 29.4. The van der Waals surface area contributed by atoms with Crippen molar-refractivity contribution in [3.05, 3.63) is 58.9 Å². The van der Waals surface area contributed by atoms with Crippen LogP contribution in [0.5, 0.6) is 5.75 Å². The van der Waals surface area contributed by atoms with Crippen LogP contribution in [0.15, 0.2) is 58.4 Å². The first-order chi connectivity index (χ1) is 20.2. The van der Waals surface area contributed by atoms with Crippen LogP contribution in [0.1, 0.15) is 85.6 Å². The number of aromatic nitrogens is 3. The largest absolute Gasteiger partial charge is 0.493 e. The Morgan fingerprint density at radius 2 is 2.00 bits per heavy atom. The van der Waals surface area contributed by atoms with Gasteiger partial charge in [-0.3, -0.25) is 4.99 Å². The van der Waals surface area contributed by atoms with Crippen molar-refractivity contribution in [1.29, 1.82) is 0 Å². The van der Waals surface area contributed by atoms with Gasteiger partial charge in [0.25, 0.3) is 0 Å². The van der Waals surface area contributed by atoms with Gasteiger partial charge < -0.3 is 15.0 Å². The molecule has 3 unspecified atom stereocenters. The minimum atomic E-state index is 0.337. The van der Waals surface area contributed by atoms with E-state index in [0.717, 1.165) is 80.1 Å². The molecule has 0 spiro atoms. The quantitative estimate of drug-likeness (QED) is 0.313. The molecule has 3 aromatic rings. The highest BCUT2D eigenvalue weighted by Crippen LogP contribution is 2.45. The highest BCUT2D eigenvalue weighted by atomic mass is 16.5. The van der Waals surface area contributed by atoms with E-state index in [0.29, 0.717) is 23.2 Å². The second kappa shape index (κ2) is 11.7. The third-order valence-electron chi connectivity index (χ3n) is 9.72. The predicted octanol–water partition coefficient (Wildman–Crippen LogP) is 8.92. The Morgan fingerprint density at radius 1 is 1.14 bits per heavy atom. The first kappa shape index (κ1) is 28.7. The monoisotopic (exact) mass is 565 g/mol. The van der Waals surface area contributed by atoms with Gasteiger partial charge in [0.05, 0.1) is 12.1 Å². The minimum absolute atomic E-state index is 0.337. The molecular weight excluding hydrogens is 518 g/mol. The summed E-state index contributed by atoms with van der Waals surface area (Å²) in [6.07, 6.45) is 12.2. The van der Waals surface area contributed by atoms with Crippen LogP contribution in [0.25, 0.3) is 22.3 Å². The maximum absolute atomic E-state index is 6.43. The molecular formula is C36H47N5O. The topological polar surface area (TPSA) is 75.2 Å². The van der Waals surface area contributed by atoms with Crippen LogP contribution in [0.2, 0.25) is 0 Å². The molecule has 2 aliphatic heterocycles. The third-order valence-corrected chi connectivity index (χ3v) is 9.72. The van der Waals surface area contributed by atoms with E-state index in [2.05, 4.69) is 92.2 Å². The fourth-order valence-electron chi connectivity index (χ4n) is 7.28. The lowest BCUT2D eigenvalue weighted by molar-refractivity contribution is 0.219. The number of hydrogen-bond donors (Lipinski definition) is 2. The van der Waals surface area contributed by atoms with Gasteiger partial charge in [0.15, 0.2) is 5.65 Å². The standard InChI is InChI=1S/C36H47N5O/c1-7-24-16-23(4)39-31-11-13-36(5,6)20-30(31)29(24)18-25-12-14-42-33-10-9-26(17-27(33)15-22(25)3)28-19-32-34(38-21-28)41-35(40-32)37-8-2/h9-10,16-17,19,21-22,24-25H,7-8,11-15,18,20H2,1-6H3,(H2,37,38,40,41). The summed E-state index contributed by atoms with van der Waals surface area (Å²) in [5.41, 5.74) is 11.4. The van der Waals surface area contributed by atoms with E-state index in [1.54, 1.807) is 11.1 Å². The van der Waals surface area contributed by atoms with E-state index < -0.39 is 0 Å². The Hall–Kier alpha value is -3.41. The lowest BCUT2D eigenvalue weighted by Gasteiger charge is -2.36. The van der Waals surface area contributed by atoms with Crippen LogP contribution in [0, 0.1) is 23.2 Å². The Bertz CT molecular complexity index is 1560. The first-order valence-corrected chi connectivity index (χ1v) is 16.1. The predicted molar refractivity (Wildman–Crippen MR) is 174 cm³/mol. The van der Waals surface area contributed by atoms with Gasteiger partial charge in [0, 0.05) is 35.6 Å². The molecule has 1 saturated carbocycles. The molecule has 2 N–H and O–H groups in total. The Kier molecular flexibility index (Phi) is 7.99. The number of nitrogens with zero attached hydrogens (tertiary/aromatic N) is 3. The molecule has 2 aromatic heterocycles. The number of allylic oxidation sites excluding steroid dienone is 4. The number of hydrogen-bond acceptors (Lipinski definition) is 5. The van der Waals surface area contributed by atoms with E-state index in [1.807, 2.05) is 6.20 Å². The first-order valence-electron chi connectivity index (χ1n) is 16.1. The number of fused-ring (bicyclic) bond motifs is 3. The number of anilines is 1. The number of pyridine rings is 1. The fraction of sp³-hybridized carbons (Fsp3) is 0.528. The van der Waals surface area contributed by atoms with Crippen LogP contribution in [0.3, 0.4) is 0 Å². The number of H-pyrrole nitrogens is 1. The molecule has 0 amide bonds. The van der Waals surface area contributed by atoms with E-state index in [1.165, 1.54) is 29.0 Å². The molecule has 42 heavy (non-hydrogen) atoms. The van der Waals surface area contributed by atoms with Crippen molar-refractivity contribution in [2.75, 3.05) is 18.5 Å². The van der Waals surface area contributed by atoms with Crippen molar-refractivity contribution in [2.24, 2.45) is 28.2 Å². The normalized spacial score (nSPS) is 24.0. The maximum Gasteiger partial charge on any atom is 0.202 e. The number of nitrogens with one attached hydrogen (secondary N) is 2. The fourth-order valence-corrected chi connectivity index (χ4v) is 7.28. The van der Waals surface area contributed by atoms with Gasteiger partial charge in [-0.15, -0.1) is 0 Å². The van der Waals surface area contributed by atoms with Gasteiger partial charge >= 0.3 is 0 Å².